The summed E-state index contributed by atoms with van der Waals surface area (Å²) in [7, 11) is 1.62. The third-order valence-electron chi connectivity index (χ3n) is 1.54. The van der Waals surface area contributed by atoms with Crippen molar-refractivity contribution < 1.29 is 4.79 Å². The molecule has 3 N–H and O–H groups in total. The Hall–Kier alpha value is -1.50. The molecule has 0 fully saturated rings. The number of nitrogens with one attached hydrogen (secondary N) is 1. The topological polar surface area (TPSA) is 98.7 Å². The fraction of sp³-hybridized carbons (Fsp3) is 0.667. The molecule has 1 unspecified atom stereocenters. The van der Waals surface area contributed by atoms with Crippen LogP contribution in [-0.2, 0) is 11.8 Å². The zero-order valence-electron chi connectivity index (χ0n) is 7.56. The van der Waals surface area contributed by atoms with Crippen LogP contribution in [0.15, 0.2) is 0 Å². The predicted octanol–water partition coefficient (Wildman–Crippen LogP) is -1.26. The molecular formula is C6H12N6O. The molecule has 0 saturated heterocycles. The van der Waals surface area contributed by atoms with Gasteiger partial charge in [0.25, 0.3) is 5.95 Å². The maximum Gasteiger partial charge on any atom is 0.270 e. The van der Waals surface area contributed by atoms with Crippen LogP contribution in [-0.4, -0.2) is 32.7 Å². The molecule has 1 amide bonds. The molecule has 1 aromatic heterocycles. The van der Waals surface area contributed by atoms with E-state index in [0.717, 1.165) is 0 Å². The molecular weight excluding hydrogens is 172 g/mol. The van der Waals surface area contributed by atoms with E-state index in [1.54, 1.807) is 14.0 Å². The van der Waals surface area contributed by atoms with Crippen molar-refractivity contribution in [2.75, 3.05) is 11.9 Å². The number of carbonyl (C=O) groups excluding carboxylic acids is 1. The molecule has 0 radical (unpaired) electrons. The van der Waals surface area contributed by atoms with E-state index in [1.165, 1.54) is 4.80 Å². The summed E-state index contributed by atoms with van der Waals surface area (Å²) in [5.74, 6) is -0.243. The number of hydrogen-bond acceptors (Lipinski definition) is 5. The zero-order chi connectivity index (χ0) is 9.84. The average molecular weight is 184 g/mol. The van der Waals surface area contributed by atoms with Gasteiger partial charge in [-0.05, 0) is 5.21 Å². The van der Waals surface area contributed by atoms with Crippen LogP contribution in [0.2, 0.25) is 0 Å². The number of nitrogens with two attached hydrogens (primary N) is 1. The first-order valence-corrected chi connectivity index (χ1v) is 3.88. The maximum absolute atomic E-state index is 11.2. The Morgan fingerprint density at radius 3 is 2.92 bits per heavy atom. The summed E-state index contributed by atoms with van der Waals surface area (Å²) in [6.07, 6.45) is 0. The number of hydrogen-bond donors (Lipinski definition) is 2. The van der Waals surface area contributed by atoms with Crippen molar-refractivity contribution >= 4 is 11.9 Å². The molecule has 13 heavy (non-hydrogen) atoms. The second-order valence-electron chi connectivity index (χ2n) is 2.73. The van der Waals surface area contributed by atoms with Crippen molar-refractivity contribution in [2.45, 2.75) is 6.92 Å². The van der Waals surface area contributed by atoms with Gasteiger partial charge in [-0.1, -0.05) is 12.0 Å². The maximum atomic E-state index is 11.2. The van der Waals surface area contributed by atoms with Crippen LogP contribution in [0.25, 0.3) is 0 Å². The molecule has 1 heterocycles. The van der Waals surface area contributed by atoms with Crippen LogP contribution in [0, 0.1) is 5.92 Å². The molecule has 0 spiro atoms. The fourth-order valence-corrected chi connectivity index (χ4v) is 0.675. The van der Waals surface area contributed by atoms with E-state index in [1.807, 2.05) is 0 Å². The summed E-state index contributed by atoms with van der Waals surface area (Å²) in [4.78, 5) is 12.5. The van der Waals surface area contributed by atoms with Crippen LogP contribution < -0.4 is 11.1 Å². The Balaban J connectivity index is 2.54. The number of carbonyl (C=O) groups is 1. The first kappa shape index (κ1) is 9.59. The average Bonchev–Trinajstić information content (AvgIpc) is 2.49. The molecule has 0 aliphatic carbocycles. The largest absolute Gasteiger partial charge is 0.330 e. The molecule has 0 bridgehead atoms. The Bertz CT molecular complexity index is 295. The predicted molar refractivity (Wildman–Crippen MR) is 45.6 cm³/mol. The minimum atomic E-state index is -0.246. The third-order valence-corrected chi connectivity index (χ3v) is 1.54. The lowest BCUT2D eigenvalue weighted by Gasteiger charge is -2.05. The van der Waals surface area contributed by atoms with Gasteiger partial charge in [0.05, 0.1) is 7.05 Å². The first-order chi connectivity index (χ1) is 6.13. The highest BCUT2D eigenvalue weighted by Crippen LogP contribution is 1.98. The number of nitrogens with zero attached hydrogens (tertiary/aromatic N) is 4. The Kier molecular flexibility index (Phi) is 2.91. The van der Waals surface area contributed by atoms with Gasteiger partial charge in [0.2, 0.25) is 5.91 Å². The molecule has 1 aromatic rings. The molecule has 0 aromatic carbocycles. The molecule has 0 aliphatic rings. The van der Waals surface area contributed by atoms with Crippen LogP contribution >= 0.6 is 0 Å². The summed E-state index contributed by atoms with van der Waals surface area (Å²) in [5, 5.41) is 13.4. The number of amides is 1. The van der Waals surface area contributed by atoms with Gasteiger partial charge in [-0.2, -0.15) is 4.80 Å². The van der Waals surface area contributed by atoms with Crippen molar-refractivity contribution in [2.24, 2.45) is 18.7 Å². The number of aromatic nitrogens is 4. The molecule has 72 valence electrons. The third kappa shape index (κ3) is 2.48. The highest BCUT2D eigenvalue weighted by atomic mass is 16.2. The lowest BCUT2D eigenvalue weighted by Crippen LogP contribution is -2.27. The van der Waals surface area contributed by atoms with Crippen molar-refractivity contribution in [1.29, 1.82) is 0 Å². The zero-order valence-corrected chi connectivity index (χ0v) is 7.56. The lowest BCUT2D eigenvalue weighted by molar-refractivity contribution is -0.119. The van der Waals surface area contributed by atoms with E-state index < -0.39 is 0 Å². The molecule has 7 heteroatoms. The summed E-state index contributed by atoms with van der Waals surface area (Å²) >= 11 is 0. The molecule has 0 aliphatic heterocycles. The molecule has 7 nitrogen and oxygen atoms in total. The second kappa shape index (κ2) is 3.94. The minimum absolute atomic E-state index is 0.199. The Morgan fingerprint density at radius 2 is 2.46 bits per heavy atom. The Morgan fingerprint density at radius 1 is 1.77 bits per heavy atom. The van der Waals surface area contributed by atoms with E-state index >= 15 is 0 Å². The molecule has 1 rings (SSSR count). The number of tetrazole rings is 1. The molecule has 0 saturated carbocycles. The van der Waals surface area contributed by atoms with Gasteiger partial charge < -0.3 is 5.73 Å². The number of anilines is 1. The van der Waals surface area contributed by atoms with Gasteiger partial charge >= 0.3 is 0 Å². The number of rotatable bonds is 3. The van der Waals surface area contributed by atoms with E-state index in [-0.39, 0.29) is 17.8 Å². The van der Waals surface area contributed by atoms with Gasteiger partial charge in [-0.3, -0.25) is 10.1 Å². The molecule has 1 atom stereocenters. The standard InChI is InChI=1S/C6H12N6O/c1-4(3-7)5(13)8-6-9-11-12(2)10-6/h4H,3,7H2,1-2H3,(H,8,10,13). The van der Waals surface area contributed by atoms with Gasteiger partial charge in [0.1, 0.15) is 0 Å². The van der Waals surface area contributed by atoms with Crippen molar-refractivity contribution in [3.8, 4) is 0 Å². The minimum Gasteiger partial charge on any atom is -0.330 e. The lowest BCUT2D eigenvalue weighted by atomic mass is 10.2. The van der Waals surface area contributed by atoms with Crippen LogP contribution in [0.4, 0.5) is 5.95 Å². The SMILES string of the molecule is CC(CN)C(=O)Nc1nnn(C)n1. The van der Waals surface area contributed by atoms with Gasteiger partial charge in [-0.15, -0.1) is 5.10 Å². The Labute approximate surface area is 75.3 Å². The summed E-state index contributed by atoms with van der Waals surface area (Å²) in [5.41, 5.74) is 5.31. The highest BCUT2D eigenvalue weighted by Gasteiger charge is 2.12. The van der Waals surface area contributed by atoms with Crippen LogP contribution in [0.1, 0.15) is 6.92 Å². The van der Waals surface area contributed by atoms with Gasteiger partial charge in [0, 0.05) is 12.5 Å². The first-order valence-electron chi connectivity index (χ1n) is 3.88. The highest BCUT2D eigenvalue weighted by molar-refractivity contribution is 5.90. The van der Waals surface area contributed by atoms with E-state index in [2.05, 4.69) is 20.7 Å². The van der Waals surface area contributed by atoms with E-state index in [0.29, 0.717) is 6.54 Å². The fourth-order valence-electron chi connectivity index (χ4n) is 0.675. The van der Waals surface area contributed by atoms with Crippen LogP contribution in [0.5, 0.6) is 0 Å². The number of aryl methyl sites for hydroxylation is 1. The normalized spacial score (nSPS) is 12.5. The summed E-state index contributed by atoms with van der Waals surface area (Å²) in [6, 6.07) is 0. The summed E-state index contributed by atoms with van der Waals surface area (Å²) < 4.78 is 0. The van der Waals surface area contributed by atoms with Crippen molar-refractivity contribution in [3.05, 3.63) is 0 Å². The quantitative estimate of drug-likeness (QED) is 0.611. The smallest absolute Gasteiger partial charge is 0.270 e. The second-order valence-corrected chi connectivity index (χ2v) is 2.73. The van der Waals surface area contributed by atoms with Crippen LogP contribution in [0.3, 0.4) is 0 Å². The van der Waals surface area contributed by atoms with Gasteiger partial charge in [0.15, 0.2) is 0 Å². The van der Waals surface area contributed by atoms with Crippen molar-refractivity contribution in [1.82, 2.24) is 20.2 Å². The van der Waals surface area contributed by atoms with Gasteiger partial charge in [-0.25, -0.2) is 0 Å². The monoisotopic (exact) mass is 184 g/mol. The summed E-state index contributed by atoms with van der Waals surface area (Å²) in [6.45, 7) is 2.03. The van der Waals surface area contributed by atoms with Crippen molar-refractivity contribution in [3.63, 3.8) is 0 Å². The van der Waals surface area contributed by atoms with E-state index in [4.69, 9.17) is 5.73 Å². The van der Waals surface area contributed by atoms with E-state index in [9.17, 15) is 4.79 Å².